The Bertz CT molecular complexity index is 812. The molecular weight excluding hydrogens is 342 g/mol. The number of hydrogen-bond donors (Lipinski definition) is 1. The SMILES string of the molecule is Cc1sc2nc(CSCC(=O)N3CCC[C@H](C)C3)[nH]c(=O)c2c1C. The minimum absolute atomic E-state index is 0.0753. The highest BCUT2D eigenvalue weighted by Gasteiger charge is 2.20. The molecule has 2 aromatic rings. The molecule has 1 atom stereocenters. The maximum atomic E-state index is 12.3. The summed E-state index contributed by atoms with van der Waals surface area (Å²) in [5.74, 6) is 2.43. The van der Waals surface area contributed by atoms with Crippen molar-refractivity contribution < 1.29 is 4.79 Å². The van der Waals surface area contributed by atoms with Crippen molar-refractivity contribution in [3.8, 4) is 0 Å². The number of hydrogen-bond acceptors (Lipinski definition) is 5. The number of aromatic nitrogens is 2. The number of rotatable bonds is 4. The Labute approximate surface area is 149 Å². The predicted molar refractivity (Wildman–Crippen MR) is 101 cm³/mol. The summed E-state index contributed by atoms with van der Waals surface area (Å²) >= 11 is 3.07. The second-order valence-corrected chi connectivity index (χ2v) is 8.74. The minimum Gasteiger partial charge on any atom is -0.342 e. The highest BCUT2D eigenvalue weighted by molar-refractivity contribution is 7.99. The lowest BCUT2D eigenvalue weighted by Crippen LogP contribution is -2.40. The number of nitrogens with zero attached hydrogens (tertiary/aromatic N) is 2. The van der Waals surface area contributed by atoms with Gasteiger partial charge in [-0.3, -0.25) is 9.59 Å². The number of nitrogens with one attached hydrogen (secondary N) is 1. The summed E-state index contributed by atoms with van der Waals surface area (Å²) in [4.78, 5) is 35.8. The fourth-order valence-corrected chi connectivity index (χ4v) is 4.95. The number of aryl methyl sites for hydroxylation is 2. The van der Waals surface area contributed by atoms with Crippen molar-refractivity contribution in [2.75, 3.05) is 18.8 Å². The van der Waals surface area contributed by atoms with E-state index in [1.165, 1.54) is 18.2 Å². The first kappa shape index (κ1) is 17.5. The van der Waals surface area contributed by atoms with Gasteiger partial charge in [-0.05, 0) is 38.2 Å². The second-order valence-electron chi connectivity index (χ2n) is 6.56. The lowest BCUT2D eigenvalue weighted by molar-refractivity contribution is -0.130. The molecule has 1 N–H and O–H groups in total. The molecule has 0 aliphatic carbocycles. The molecule has 24 heavy (non-hydrogen) atoms. The second kappa shape index (κ2) is 7.27. The number of piperidine rings is 1. The number of fused-ring (bicyclic) bond motifs is 1. The Morgan fingerprint density at radius 1 is 1.46 bits per heavy atom. The Balaban J connectivity index is 1.62. The molecule has 1 saturated heterocycles. The van der Waals surface area contributed by atoms with Crippen LogP contribution in [0, 0.1) is 19.8 Å². The molecule has 1 aliphatic rings. The summed E-state index contributed by atoms with van der Waals surface area (Å²) in [5, 5.41) is 0.699. The van der Waals surface area contributed by atoms with E-state index in [1.54, 1.807) is 11.3 Å². The number of carbonyl (C=O) groups excluding carboxylic acids is 1. The topological polar surface area (TPSA) is 66.1 Å². The van der Waals surface area contributed by atoms with Gasteiger partial charge in [0.25, 0.3) is 5.56 Å². The summed E-state index contributed by atoms with van der Waals surface area (Å²) in [5.41, 5.74) is 0.936. The number of aromatic amines is 1. The highest BCUT2D eigenvalue weighted by atomic mass is 32.2. The fraction of sp³-hybridized carbons (Fsp3) is 0.588. The van der Waals surface area contributed by atoms with E-state index in [2.05, 4.69) is 16.9 Å². The summed E-state index contributed by atoms with van der Waals surface area (Å²) in [6.07, 6.45) is 2.31. The molecule has 2 aromatic heterocycles. The Morgan fingerprint density at radius 3 is 3.00 bits per heavy atom. The van der Waals surface area contributed by atoms with Gasteiger partial charge in [0, 0.05) is 18.0 Å². The molecule has 1 amide bonds. The molecule has 0 radical (unpaired) electrons. The van der Waals surface area contributed by atoms with Gasteiger partial charge in [0.2, 0.25) is 5.91 Å². The summed E-state index contributed by atoms with van der Waals surface area (Å²) in [6.45, 7) is 7.90. The van der Waals surface area contributed by atoms with Crippen LogP contribution in [-0.4, -0.2) is 39.6 Å². The number of H-pyrrole nitrogens is 1. The molecular formula is C17H23N3O2S2. The van der Waals surface area contributed by atoms with Gasteiger partial charge in [-0.2, -0.15) is 0 Å². The van der Waals surface area contributed by atoms with E-state index in [4.69, 9.17) is 0 Å². The monoisotopic (exact) mass is 365 g/mol. The van der Waals surface area contributed by atoms with Crippen LogP contribution in [0.1, 0.15) is 36.0 Å². The van der Waals surface area contributed by atoms with Crippen molar-refractivity contribution in [3.05, 3.63) is 26.6 Å². The van der Waals surface area contributed by atoms with Gasteiger partial charge in [0.15, 0.2) is 0 Å². The van der Waals surface area contributed by atoms with E-state index in [9.17, 15) is 9.59 Å². The average Bonchev–Trinajstić information content (AvgIpc) is 2.82. The van der Waals surface area contributed by atoms with Crippen LogP contribution in [0.5, 0.6) is 0 Å². The van der Waals surface area contributed by atoms with Crippen LogP contribution in [-0.2, 0) is 10.5 Å². The third-order valence-corrected chi connectivity index (χ3v) is 6.59. The molecule has 3 heterocycles. The van der Waals surface area contributed by atoms with E-state index in [0.29, 0.717) is 28.6 Å². The van der Waals surface area contributed by atoms with Gasteiger partial charge >= 0.3 is 0 Å². The number of thioether (sulfide) groups is 1. The molecule has 0 unspecified atom stereocenters. The van der Waals surface area contributed by atoms with Crippen molar-refractivity contribution in [2.24, 2.45) is 5.92 Å². The molecule has 130 valence electrons. The van der Waals surface area contributed by atoms with Crippen LogP contribution >= 0.6 is 23.1 Å². The van der Waals surface area contributed by atoms with Crippen molar-refractivity contribution >= 4 is 39.2 Å². The maximum Gasteiger partial charge on any atom is 0.259 e. The average molecular weight is 366 g/mol. The zero-order valence-corrected chi connectivity index (χ0v) is 16.0. The van der Waals surface area contributed by atoms with E-state index in [1.807, 2.05) is 18.7 Å². The quantitative estimate of drug-likeness (QED) is 0.904. The number of thiophene rings is 1. The summed E-state index contributed by atoms with van der Waals surface area (Å²) < 4.78 is 0. The van der Waals surface area contributed by atoms with Crippen LogP contribution in [0.3, 0.4) is 0 Å². The first-order valence-corrected chi connectivity index (χ1v) is 10.3. The van der Waals surface area contributed by atoms with Crippen molar-refractivity contribution in [1.82, 2.24) is 14.9 Å². The lowest BCUT2D eigenvalue weighted by atomic mass is 10.0. The molecule has 1 aliphatic heterocycles. The highest BCUT2D eigenvalue weighted by Crippen LogP contribution is 2.26. The lowest BCUT2D eigenvalue weighted by Gasteiger charge is -2.30. The van der Waals surface area contributed by atoms with Crippen molar-refractivity contribution in [3.63, 3.8) is 0 Å². The van der Waals surface area contributed by atoms with E-state index >= 15 is 0 Å². The normalized spacial score (nSPS) is 18.3. The summed E-state index contributed by atoms with van der Waals surface area (Å²) in [7, 11) is 0. The minimum atomic E-state index is -0.0753. The third-order valence-electron chi connectivity index (χ3n) is 4.56. The number of carbonyl (C=O) groups is 1. The van der Waals surface area contributed by atoms with E-state index in [0.717, 1.165) is 34.8 Å². The number of amides is 1. The van der Waals surface area contributed by atoms with Gasteiger partial charge in [-0.15, -0.1) is 23.1 Å². The van der Waals surface area contributed by atoms with Crippen LogP contribution in [0.15, 0.2) is 4.79 Å². The van der Waals surface area contributed by atoms with E-state index in [-0.39, 0.29) is 11.5 Å². The standard InChI is InChI=1S/C17H23N3O2S2/c1-10-5-4-6-20(7-10)14(21)9-23-8-13-18-16(22)15-11(2)12(3)24-17(15)19-13/h10H,4-9H2,1-3H3,(H,18,19,22)/t10-/m0/s1. The van der Waals surface area contributed by atoms with E-state index < -0.39 is 0 Å². The molecule has 7 heteroatoms. The molecule has 1 fully saturated rings. The predicted octanol–water partition coefficient (Wildman–Crippen LogP) is 3.09. The Morgan fingerprint density at radius 2 is 2.25 bits per heavy atom. The molecule has 0 bridgehead atoms. The van der Waals surface area contributed by atoms with Gasteiger partial charge in [-0.25, -0.2) is 4.98 Å². The van der Waals surface area contributed by atoms with Gasteiger partial charge < -0.3 is 9.88 Å². The first-order valence-electron chi connectivity index (χ1n) is 8.30. The Kier molecular flexibility index (Phi) is 5.30. The first-order chi connectivity index (χ1) is 11.5. The zero-order chi connectivity index (χ0) is 17.3. The fourth-order valence-electron chi connectivity index (χ4n) is 3.11. The van der Waals surface area contributed by atoms with Gasteiger partial charge in [-0.1, -0.05) is 6.92 Å². The summed E-state index contributed by atoms with van der Waals surface area (Å²) in [6, 6.07) is 0. The van der Waals surface area contributed by atoms with Gasteiger partial charge in [0.05, 0.1) is 16.9 Å². The Hall–Kier alpha value is -1.34. The van der Waals surface area contributed by atoms with Crippen LogP contribution < -0.4 is 5.56 Å². The van der Waals surface area contributed by atoms with Crippen LogP contribution in [0.25, 0.3) is 10.2 Å². The molecule has 3 rings (SSSR count). The van der Waals surface area contributed by atoms with Crippen molar-refractivity contribution in [2.45, 2.75) is 39.4 Å². The third kappa shape index (κ3) is 3.67. The van der Waals surface area contributed by atoms with Crippen molar-refractivity contribution in [1.29, 1.82) is 0 Å². The molecule has 0 aromatic carbocycles. The van der Waals surface area contributed by atoms with Crippen LogP contribution in [0.4, 0.5) is 0 Å². The number of likely N-dealkylation sites (tertiary alicyclic amines) is 1. The zero-order valence-electron chi connectivity index (χ0n) is 14.3. The molecule has 0 saturated carbocycles. The largest absolute Gasteiger partial charge is 0.342 e. The maximum absolute atomic E-state index is 12.3. The van der Waals surface area contributed by atoms with Gasteiger partial charge in [0.1, 0.15) is 10.7 Å². The smallest absolute Gasteiger partial charge is 0.259 e. The molecule has 0 spiro atoms. The van der Waals surface area contributed by atoms with Crippen LogP contribution in [0.2, 0.25) is 0 Å². The molecule has 5 nitrogen and oxygen atoms in total.